The molecule has 0 amide bonds. The third kappa shape index (κ3) is 2.52. The molecule has 1 atom stereocenters. The number of hydrogen-bond acceptors (Lipinski definition) is 2. The topological polar surface area (TPSA) is 24.9 Å². The summed E-state index contributed by atoms with van der Waals surface area (Å²) in [5.74, 6) is 0.896. The first-order valence-corrected chi connectivity index (χ1v) is 5.05. The lowest BCUT2D eigenvalue weighted by Crippen LogP contribution is -2.09. The Morgan fingerprint density at radius 2 is 2.23 bits per heavy atom. The fraction of sp³-hybridized carbons (Fsp3) is 0.545. The van der Waals surface area contributed by atoms with Crippen LogP contribution in [0, 0.1) is 5.92 Å². The second-order valence-electron chi connectivity index (χ2n) is 3.75. The molecule has 1 unspecified atom stereocenters. The van der Waals surface area contributed by atoms with Gasteiger partial charge in [-0.25, -0.2) is 0 Å². The SMILES string of the molecule is c1cc(CCC2CCNC2)ccn1. The second-order valence-corrected chi connectivity index (χ2v) is 3.75. The Hall–Kier alpha value is -0.890. The fourth-order valence-corrected chi connectivity index (χ4v) is 1.88. The van der Waals surface area contributed by atoms with E-state index < -0.39 is 0 Å². The highest BCUT2D eigenvalue weighted by Crippen LogP contribution is 2.15. The lowest BCUT2D eigenvalue weighted by molar-refractivity contribution is 0.533. The van der Waals surface area contributed by atoms with E-state index in [1.54, 1.807) is 0 Å². The monoisotopic (exact) mass is 176 g/mol. The van der Waals surface area contributed by atoms with E-state index in [-0.39, 0.29) is 0 Å². The van der Waals surface area contributed by atoms with Gasteiger partial charge in [-0.15, -0.1) is 0 Å². The van der Waals surface area contributed by atoms with Crippen LogP contribution in [0.4, 0.5) is 0 Å². The van der Waals surface area contributed by atoms with Crippen LogP contribution in [0.3, 0.4) is 0 Å². The van der Waals surface area contributed by atoms with Crippen molar-refractivity contribution in [2.45, 2.75) is 19.3 Å². The van der Waals surface area contributed by atoms with Crippen LogP contribution in [-0.4, -0.2) is 18.1 Å². The summed E-state index contributed by atoms with van der Waals surface area (Å²) in [7, 11) is 0. The highest BCUT2D eigenvalue weighted by molar-refractivity contribution is 5.09. The van der Waals surface area contributed by atoms with Gasteiger partial charge < -0.3 is 5.32 Å². The van der Waals surface area contributed by atoms with Gasteiger partial charge in [-0.2, -0.15) is 0 Å². The van der Waals surface area contributed by atoms with Crippen LogP contribution in [0.2, 0.25) is 0 Å². The van der Waals surface area contributed by atoms with Gasteiger partial charge in [0.15, 0.2) is 0 Å². The van der Waals surface area contributed by atoms with Crippen molar-refractivity contribution in [3.05, 3.63) is 30.1 Å². The Bertz CT molecular complexity index is 240. The average Bonchev–Trinajstić information content (AvgIpc) is 2.69. The molecule has 1 N–H and O–H groups in total. The van der Waals surface area contributed by atoms with Crippen LogP contribution in [0.1, 0.15) is 18.4 Å². The van der Waals surface area contributed by atoms with Gasteiger partial charge in [0.2, 0.25) is 0 Å². The molecule has 0 radical (unpaired) electrons. The van der Waals surface area contributed by atoms with Crippen molar-refractivity contribution in [1.29, 1.82) is 0 Å². The lowest BCUT2D eigenvalue weighted by Gasteiger charge is -2.06. The zero-order valence-electron chi connectivity index (χ0n) is 7.87. The fourth-order valence-electron chi connectivity index (χ4n) is 1.88. The molecule has 0 bridgehead atoms. The minimum Gasteiger partial charge on any atom is -0.316 e. The first-order chi connectivity index (χ1) is 6.45. The number of aromatic nitrogens is 1. The molecule has 2 nitrogen and oxygen atoms in total. The highest BCUT2D eigenvalue weighted by atomic mass is 14.9. The third-order valence-electron chi connectivity index (χ3n) is 2.75. The molecular weight excluding hydrogens is 160 g/mol. The van der Waals surface area contributed by atoms with Crippen LogP contribution in [0.15, 0.2) is 24.5 Å². The van der Waals surface area contributed by atoms with Gasteiger partial charge in [0, 0.05) is 12.4 Å². The maximum Gasteiger partial charge on any atom is 0.0270 e. The van der Waals surface area contributed by atoms with Crippen molar-refractivity contribution < 1.29 is 0 Å². The molecule has 1 aliphatic rings. The molecule has 0 aromatic carbocycles. The summed E-state index contributed by atoms with van der Waals surface area (Å²) in [6.45, 7) is 2.42. The molecule has 1 fully saturated rings. The van der Waals surface area contributed by atoms with Gasteiger partial charge in [0.05, 0.1) is 0 Å². The van der Waals surface area contributed by atoms with E-state index in [2.05, 4.69) is 22.4 Å². The Labute approximate surface area is 79.4 Å². The third-order valence-corrected chi connectivity index (χ3v) is 2.75. The zero-order chi connectivity index (χ0) is 8.93. The number of rotatable bonds is 3. The van der Waals surface area contributed by atoms with Crippen molar-refractivity contribution in [1.82, 2.24) is 10.3 Å². The molecule has 0 spiro atoms. The number of nitrogens with zero attached hydrogens (tertiary/aromatic N) is 1. The van der Waals surface area contributed by atoms with Crippen molar-refractivity contribution >= 4 is 0 Å². The molecule has 1 aromatic heterocycles. The molecule has 0 aliphatic carbocycles. The van der Waals surface area contributed by atoms with Crippen molar-refractivity contribution in [2.24, 2.45) is 5.92 Å². The summed E-state index contributed by atoms with van der Waals surface area (Å²) in [6.07, 6.45) is 7.63. The lowest BCUT2D eigenvalue weighted by atomic mass is 9.99. The summed E-state index contributed by atoms with van der Waals surface area (Å²) >= 11 is 0. The summed E-state index contributed by atoms with van der Waals surface area (Å²) < 4.78 is 0. The number of nitrogens with one attached hydrogen (secondary N) is 1. The molecule has 70 valence electrons. The van der Waals surface area contributed by atoms with Crippen LogP contribution < -0.4 is 5.32 Å². The average molecular weight is 176 g/mol. The van der Waals surface area contributed by atoms with Crippen molar-refractivity contribution in [3.8, 4) is 0 Å². The smallest absolute Gasteiger partial charge is 0.0270 e. The van der Waals surface area contributed by atoms with Gasteiger partial charge in [0.25, 0.3) is 0 Å². The Balaban J connectivity index is 1.79. The standard InChI is InChI=1S/C11H16N2/c1(2-11-5-8-13-9-11)10-3-6-12-7-4-10/h3-4,6-7,11,13H,1-2,5,8-9H2. The van der Waals surface area contributed by atoms with E-state index in [0.717, 1.165) is 5.92 Å². The predicted octanol–water partition coefficient (Wildman–Crippen LogP) is 1.62. The quantitative estimate of drug-likeness (QED) is 0.757. The zero-order valence-corrected chi connectivity index (χ0v) is 7.87. The van der Waals surface area contributed by atoms with Gasteiger partial charge in [-0.1, -0.05) is 0 Å². The van der Waals surface area contributed by atoms with Crippen LogP contribution >= 0.6 is 0 Å². The molecule has 2 heterocycles. The molecule has 2 heteroatoms. The minimum absolute atomic E-state index is 0.896. The Morgan fingerprint density at radius 3 is 2.92 bits per heavy atom. The van der Waals surface area contributed by atoms with E-state index in [0.29, 0.717) is 0 Å². The predicted molar refractivity (Wildman–Crippen MR) is 53.5 cm³/mol. The van der Waals surface area contributed by atoms with Crippen LogP contribution in [0.5, 0.6) is 0 Å². The summed E-state index contributed by atoms with van der Waals surface area (Å²) in [5.41, 5.74) is 1.42. The van der Waals surface area contributed by atoms with Crippen LogP contribution in [0.25, 0.3) is 0 Å². The van der Waals surface area contributed by atoms with E-state index in [4.69, 9.17) is 0 Å². The normalized spacial score (nSPS) is 22.0. The van der Waals surface area contributed by atoms with E-state index in [1.165, 1.54) is 37.9 Å². The first-order valence-electron chi connectivity index (χ1n) is 5.05. The minimum atomic E-state index is 0.896. The molecule has 1 aromatic rings. The Morgan fingerprint density at radius 1 is 1.38 bits per heavy atom. The molecular formula is C11H16N2. The number of aryl methyl sites for hydroxylation is 1. The molecule has 1 aliphatic heterocycles. The number of hydrogen-bond donors (Lipinski definition) is 1. The van der Waals surface area contributed by atoms with E-state index >= 15 is 0 Å². The van der Waals surface area contributed by atoms with Gasteiger partial charge in [0.1, 0.15) is 0 Å². The summed E-state index contributed by atoms with van der Waals surface area (Å²) in [6, 6.07) is 4.23. The Kier molecular flexibility index (Phi) is 2.93. The van der Waals surface area contributed by atoms with Crippen molar-refractivity contribution in [3.63, 3.8) is 0 Å². The van der Waals surface area contributed by atoms with Gasteiger partial charge >= 0.3 is 0 Å². The maximum absolute atomic E-state index is 4.01. The van der Waals surface area contributed by atoms with Crippen LogP contribution in [-0.2, 0) is 6.42 Å². The second kappa shape index (κ2) is 4.38. The largest absolute Gasteiger partial charge is 0.316 e. The van der Waals surface area contributed by atoms with Gasteiger partial charge in [-0.3, -0.25) is 4.98 Å². The molecule has 2 rings (SSSR count). The molecule has 1 saturated heterocycles. The highest BCUT2D eigenvalue weighted by Gasteiger charge is 2.13. The molecule has 0 saturated carbocycles. The first kappa shape index (κ1) is 8.70. The van der Waals surface area contributed by atoms with Gasteiger partial charge in [-0.05, 0) is 56.0 Å². The van der Waals surface area contributed by atoms with E-state index in [9.17, 15) is 0 Å². The summed E-state index contributed by atoms with van der Waals surface area (Å²) in [4.78, 5) is 4.01. The molecule has 13 heavy (non-hydrogen) atoms. The van der Waals surface area contributed by atoms with Crippen molar-refractivity contribution in [2.75, 3.05) is 13.1 Å². The summed E-state index contributed by atoms with van der Waals surface area (Å²) in [5, 5.41) is 3.40. The number of pyridine rings is 1. The van der Waals surface area contributed by atoms with E-state index in [1.807, 2.05) is 12.4 Å². The maximum atomic E-state index is 4.01.